The van der Waals surface area contributed by atoms with E-state index in [4.69, 9.17) is 5.41 Å². The molecule has 0 aromatic heterocycles. The van der Waals surface area contributed by atoms with Crippen LogP contribution in [-0.2, 0) is 0 Å². The van der Waals surface area contributed by atoms with Crippen LogP contribution in [0.3, 0.4) is 0 Å². The van der Waals surface area contributed by atoms with Crippen LogP contribution in [-0.4, -0.2) is 5.71 Å². The number of nitrogens with one attached hydrogen (secondary N) is 1. The van der Waals surface area contributed by atoms with Gasteiger partial charge in [0.1, 0.15) is 0 Å². The number of hydrogen-bond donors (Lipinski definition) is 1. The van der Waals surface area contributed by atoms with E-state index in [1.807, 2.05) is 18.2 Å². The molecule has 0 bridgehead atoms. The van der Waals surface area contributed by atoms with Crippen LogP contribution in [0.1, 0.15) is 19.3 Å². The van der Waals surface area contributed by atoms with Gasteiger partial charge in [0.15, 0.2) is 0 Å². The lowest BCUT2D eigenvalue weighted by molar-refractivity contribution is 0.890. The van der Waals surface area contributed by atoms with Gasteiger partial charge >= 0.3 is 0 Å². The predicted molar refractivity (Wildman–Crippen MR) is 39.9 cm³/mol. The molecule has 1 nitrogen and oxygen atoms in total. The van der Waals surface area contributed by atoms with Crippen molar-refractivity contribution in [3.05, 3.63) is 24.3 Å². The second-order valence-electron chi connectivity index (χ2n) is 2.20. The van der Waals surface area contributed by atoms with Crippen molar-refractivity contribution >= 4 is 5.71 Å². The summed E-state index contributed by atoms with van der Waals surface area (Å²) >= 11 is 0. The molecule has 0 radical (unpaired) electrons. The first-order valence-corrected chi connectivity index (χ1v) is 3.30. The second kappa shape index (κ2) is 3.23. The Balaban J connectivity index is 2.54. The molecule has 1 aliphatic rings. The Morgan fingerprint density at radius 3 is 3.11 bits per heavy atom. The first kappa shape index (κ1) is 6.27. The summed E-state index contributed by atoms with van der Waals surface area (Å²) in [6, 6.07) is 0. The molecule has 0 saturated carbocycles. The molecule has 0 spiro atoms. The van der Waals surface area contributed by atoms with Crippen molar-refractivity contribution < 1.29 is 0 Å². The van der Waals surface area contributed by atoms with E-state index in [-0.39, 0.29) is 0 Å². The molecule has 0 saturated heterocycles. The average Bonchev–Trinajstić information content (AvgIpc) is 1.79. The van der Waals surface area contributed by atoms with Crippen molar-refractivity contribution in [2.45, 2.75) is 19.3 Å². The van der Waals surface area contributed by atoms with Crippen molar-refractivity contribution in [3.8, 4) is 0 Å². The summed E-state index contributed by atoms with van der Waals surface area (Å²) in [6.45, 7) is 0. The highest BCUT2D eigenvalue weighted by Crippen LogP contribution is 2.02. The standard InChI is InChI=1S/C8H11N/c9-8-6-4-2-1-3-5-7-8/h1-2,4,6,9H,3,5,7H2. The average molecular weight is 121 g/mol. The molecular formula is C8H11N. The molecule has 0 aromatic rings. The number of rotatable bonds is 0. The van der Waals surface area contributed by atoms with Crippen LogP contribution in [0.15, 0.2) is 24.3 Å². The highest BCUT2D eigenvalue weighted by molar-refractivity contribution is 5.92. The van der Waals surface area contributed by atoms with Gasteiger partial charge < -0.3 is 5.41 Å². The van der Waals surface area contributed by atoms with Gasteiger partial charge in [0.25, 0.3) is 0 Å². The van der Waals surface area contributed by atoms with E-state index in [0.717, 1.165) is 25.0 Å². The predicted octanol–water partition coefficient (Wildman–Crippen LogP) is 2.30. The summed E-state index contributed by atoms with van der Waals surface area (Å²) in [5.41, 5.74) is 0.749. The van der Waals surface area contributed by atoms with Crippen LogP contribution >= 0.6 is 0 Å². The normalized spacial score (nSPS) is 19.3. The minimum Gasteiger partial charge on any atom is -0.305 e. The zero-order valence-corrected chi connectivity index (χ0v) is 5.43. The van der Waals surface area contributed by atoms with Crippen LogP contribution in [0.4, 0.5) is 0 Å². The smallest absolute Gasteiger partial charge is 0.0314 e. The van der Waals surface area contributed by atoms with Gasteiger partial charge in [0, 0.05) is 5.71 Å². The molecule has 1 heteroatoms. The molecule has 48 valence electrons. The molecule has 0 atom stereocenters. The van der Waals surface area contributed by atoms with E-state index in [1.54, 1.807) is 0 Å². The van der Waals surface area contributed by atoms with Gasteiger partial charge in [0.2, 0.25) is 0 Å². The maximum absolute atomic E-state index is 7.31. The fourth-order valence-corrected chi connectivity index (χ4v) is 0.840. The second-order valence-corrected chi connectivity index (χ2v) is 2.20. The quantitative estimate of drug-likeness (QED) is 0.508. The molecule has 1 aliphatic carbocycles. The van der Waals surface area contributed by atoms with E-state index >= 15 is 0 Å². The third kappa shape index (κ3) is 2.27. The van der Waals surface area contributed by atoms with Gasteiger partial charge in [-0.25, -0.2) is 0 Å². The van der Waals surface area contributed by atoms with E-state index in [1.165, 1.54) is 0 Å². The minimum absolute atomic E-state index is 0.749. The van der Waals surface area contributed by atoms with E-state index in [9.17, 15) is 0 Å². The summed E-state index contributed by atoms with van der Waals surface area (Å²) in [7, 11) is 0. The zero-order valence-electron chi connectivity index (χ0n) is 5.43. The lowest BCUT2D eigenvalue weighted by Crippen LogP contribution is -1.91. The van der Waals surface area contributed by atoms with Crippen LogP contribution in [0, 0.1) is 5.41 Å². The van der Waals surface area contributed by atoms with Crippen LogP contribution in [0.2, 0.25) is 0 Å². The van der Waals surface area contributed by atoms with Gasteiger partial charge in [-0.15, -0.1) is 0 Å². The first-order valence-electron chi connectivity index (χ1n) is 3.30. The Hall–Kier alpha value is -0.850. The monoisotopic (exact) mass is 121 g/mol. The van der Waals surface area contributed by atoms with Crippen molar-refractivity contribution in [1.82, 2.24) is 0 Å². The van der Waals surface area contributed by atoms with Crippen molar-refractivity contribution in [1.29, 1.82) is 5.41 Å². The summed E-state index contributed by atoms with van der Waals surface area (Å²) in [6.07, 6.45) is 11.1. The van der Waals surface area contributed by atoms with Crippen molar-refractivity contribution in [3.63, 3.8) is 0 Å². The lowest BCUT2D eigenvalue weighted by atomic mass is 10.1. The van der Waals surface area contributed by atoms with Gasteiger partial charge in [-0.2, -0.15) is 0 Å². The van der Waals surface area contributed by atoms with Crippen LogP contribution < -0.4 is 0 Å². The SMILES string of the molecule is N=C1C=CC=CCCC1. The Labute approximate surface area is 55.6 Å². The molecule has 9 heavy (non-hydrogen) atoms. The largest absolute Gasteiger partial charge is 0.305 e. The topological polar surface area (TPSA) is 23.9 Å². The van der Waals surface area contributed by atoms with E-state index in [0.29, 0.717) is 0 Å². The molecule has 0 unspecified atom stereocenters. The molecule has 1 N–H and O–H groups in total. The number of hydrogen-bond acceptors (Lipinski definition) is 1. The third-order valence-corrected chi connectivity index (χ3v) is 1.36. The summed E-state index contributed by atoms with van der Waals surface area (Å²) in [5.74, 6) is 0. The molecule has 0 amide bonds. The lowest BCUT2D eigenvalue weighted by Gasteiger charge is -1.97. The molecule has 0 heterocycles. The Kier molecular flexibility index (Phi) is 2.25. The highest BCUT2D eigenvalue weighted by Gasteiger charge is 1.91. The number of allylic oxidation sites excluding steroid dienone is 4. The fourth-order valence-electron chi connectivity index (χ4n) is 0.840. The minimum atomic E-state index is 0.749. The van der Waals surface area contributed by atoms with Gasteiger partial charge in [-0.05, 0) is 25.3 Å². The molecule has 0 fully saturated rings. The summed E-state index contributed by atoms with van der Waals surface area (Å²) < 4.78 is 0. The van der Waals surface area contributed by atoms with E-state index in [2.05, 4.69) is 6.08 Å². The highest BCUT2D eigenvalue weighted by atomic mass is 14.4. The zero-order chi connectivity index (χ0) is 6.53. The Morgan fingerprint density at radius 2 is 2.22 bits per heavy atom. The van der Waals surface area contributed by atoms with Crippen molar-refractivity contribution in [2.24, 2.45) is 0 Å². The molecule has 1 rings (SSSR count). The molecule has 0 aromatic carbocycles. The van der Waals surface area contributed by atoms with Gasteiger partial charge in [0.05, 0.1) is 0 Å². The van der Waals surface area contributed by atoms with Crippen molar-refractivity contribution in [2.75, 3.05) is 0 Å². The van der Waals surface area contributed by atoms with Gasteiger partial charge in [-0.1, -0.05) is 18.2 Å². The Bertz CT molecular complexity index is 154. The first-order chi connectivity index (χ1) is 4.39. The summed E-state index contributed by atoms with van der Waals surface area (Å²) in [4.78, 5) is 0. The third-order valence-electron chi connectivity index (χ3n) is 1.36. The summed E-state index contributed by atoms with van der Waals surface area (Å²) in [5, 5.41) is 7.31. The van der Waals surface area contributed by atoms with Gasteiger partial charge in [-0.3, -0.25) is 0 Å². The fraction of sp³-hybridized carbons (Fsp3) is 0.375. The Morgan fingerprint density at radius 1 is 1.33 bits per heavy atom. The van der Waals surface area contributed by atoms with Crippen LogP contribution in [0.25, 0.3) is 0 Å². The molecule has 0 aliphatic heterocycles. The maximum atomic E-state index is 7.31. The maximum Gasteiger partial charge on any atom is 0.0314 e. The van der Waals surface area contributed by atoms with E-state index < -0.39 is 0 Å². The molecular weight excluding hydrogens is 110 g/mol. The van der Waals surface area contributed by atoms with Crippen LogP contribution in [0.5, 0.6) is 0 Å².